The molecule has 0 aromatic rings. The van der Waals surface area contributed by atoms with Gasteiger partial charge in [0.15, 0.2) is 5.78 Å². The summed E-state index contributed by atoms with van der Waals surface area (Å²) in [6, 6.07) is 0. The molecular formula is C11H16N2O2. The average molecular weight is 208 g/mol. The van der Waals surface area contributed by atoms with Crippen LogP contribution < -0.4 is 5.32 Å². The van der Waals surface area contributed by atoms with E-state index in [1.165, 1.54) is 0 Å². The largest absolute Gasteiger partial charge is 0.354 e. The van der Waals surface area contributed by atoms with Crippen LogP contribution in [0.25, 0.3) is 0 Å². The number of hydrogen-bond donors (Lipinski definition) is 1. The lowest BCUT2D eigenvalue weighted by Crippen LogP contribution is -2.60. The number of carbonyl (C=O) groups excluding carboxylic acids is 2. The third kappa shape index (κ3) is 0.911. The first-order chi connectivity index (χ1) is 7.13. The molecule has 0 aromatic heterocycles. The molecule has 2 heterocycles. The van der Waals surface area contributed by atoms with E-state index >= 15 is 0 Å². The number of carbonyl (C=O) groups is 2. The summed E-state index contributed by atoms with van der Waals surface area (Å²) in [5.41, 5.74) is -0.488. The van der Waals surface area contributed by atoms with Crippen LogP contribution in [0.3, 0.4) is 0 Å². The van der Waals surface area contributed by atoms with Gasteiger partial charge in [-0.1, -0.05) is 6.92 Å². The van der Waals surface area contributed by atoms with Crippen LogP contribution in [-0.2, 0) is 9.59 Å². The Bertz CT molecular complexity index is 354. The van der Waals surface area contributed by atoms with Gasteiger partial charge in [-0.05, 0) is 19.4 Å². The van der Waals surface area contributed by atoms with Gasteiger partial charge in [-0.2, -0.15) is 0 Å². The van der Waals surface area contributed by atoms with Crippen LogP contribution in [0.1, 0.15) is 26.2 Å². The number of nitrogens with zero attached hydrogens (tertiary/aromatic N) is 1. The van der Waals surface area contributed by atoms with Crippen molar-refractivity contribution in [2.24, 2.45) is 5.41 Å². The van der Waals surface area contributed by atoms with Crippen LogP contribution in [0.5, 0.6) is 0 Å². The maximum atomic E-state index is 11.8. The molecule has 3 aliphatic rings. The molecule has 1 N–H and O–H groups in total. The van der Waals surface area contributed by atoms with Gasteiger partial charge in [0.1, 0.15) is 0 Å². The van der Waals surface area contributed by atoms with Crippen molar-refractivity contribution < 1.29 is 9.59 Å². The van der Waals surface area contributed by atoms with Gasteiger partial charge in [0, 0.05) is 19.5 Å². The van der Waals surface area contributed by atoms with E-state index in [4.69, 9.17) is 0 Å². The highest BCUT2D eigenvalue weighted by Gasteiger charge is 2.65. The Morgan fingerprint density at radius 3 is 2.53 bits per heavy atom. The van der Waals surface area contributed by atoms with Crippen molar-refractivity contribution in [3.8, 4) is 0 Å². The summed E-state index contributed by atoms with van der Waals surface area (Å²) >= 11 is 0. The average Bonchev–Trinajstić information content (AvgIpc) is 2.65. The maximum absolute atomic E-state index is 11.8. The molecule has 3 rings (SSSR count). The zero-order valence-electron chi connectivity index (χ0n) is 9.01. The summed E-state index contributed by atoms with van der Waals surface area (Å²) in [4.78, 5) is 25.6. The molecule has 2 spiro atoms. The maximum Gasteiger partial charge on any atom is 0.229 e. The number of rotatable bonds is 1. The van der Waals surface area contributed by atoms with Crippen molar-refractivity contribution in [2.75, 3.05) is 19.6 Å². The normalized spacial score (nSPS) is 44.3. The van der Waals surface area contributed by atoms with E-state index in [2.05, 4.69) is 17.1 Å². The van der Waals surface area contributed by atoms with Crippen molar-refractivity contribution in [3.05, 3.63) is 0 Å². The van der Waals surface area contributed by atoms with E-state index < -0.39 is 0 Å². The number of ketones is 1. The molecule has 2 unspecified atom stereocenters. The first-order valence-corrected chi connectivity index (χ1v) is 5.70. The van der Waals surface area contributed by atoms with Gasteiger partial charge in [-0.25, -0.2) is 0 Å². The Morgan fingerprint density at radius 2 is 2.27 bits per heavy atom. The van der Waals surface area contributed by atoms with Gasteiger partial charge in [-0.15, -0.1) is 0 Å². The Morgan fingerprint density at radius 1 is 1.47 bits per heavy atom. The Balaban J connectivity index is 1.91. The van der Waals surface area contributed by atoms with Crippen LogP contribution in [0.15, 0.2) is 0 Å². The summed E-state index contributed by atoms with van der Waals surface area (Å²) in [5.74, 6) is 0.499. The number of likely N-dealkylation sites (tertiary alicyclic amines) is 1. The highest BCUT2D eigenvalue weighted by atomic mass is 16.2. The highest BCUT2D eigenvalue weighted by Crippen LogP contribution is 2.51. The molecule has 0 radical (unpaired) electrons. The van der Waals surface area contributed by atoms with Crippen molar-refractivity contribution in [2.45, 2.75) is 31.7 Å². The molecule has 1 amide bonds. The second kappa shape index (κ2) is 2.61. The Hall–Kier alpha value is -0.900. The number of nitrogens with one attached hydrogen (secondary N) is 1. The SMILES string of the molecule is CCN1CC2(CNC2=O)CC12CCC2=O. The third-order valence-electron chi connectivity index (χ3n) is 4.47. The van der Waals surface area contributed by atoms with E-state index in [9.17, 15) is 9.59 Å². The molecule has 82 valence electrons. The van der Waals surface area contributed by atoms with E-state index in [1.54, 1.807) is 0 Å². The van der Waals surface area contributed by atoms with E-state index in [0.717, 1.165) is 32.5 Å². The molecule has 15 heavy (non-hydrogen) atoms. The van der Waals surface area contributed by atoms with Gasteiger partial charge >= 0.3 is 0 Å². The Kier molecular flexibility index (Phi) is 1.63. The van der Waals surface area contributed by atoms with Crippen LogP contribution in [-0.4, -0.2) is 41.8 Å². The fourth-order valence-corrected chi connectivity index (χ4v) is 3.38. The molecule has 1 saturated carbocycles. The van der Waals surface area contributed by atoms with Crippen LogP contribution >= 0.6 is 0 Å². The summed E-state index contributed by atoms with van der Waals surface area (Å²) in [5, 5.41) is 2.81. The summed E-state index contributed by atoms with van der Waals surface area (Å²) in [7, 11) is 0. The predicted octanol–water partition coefficient (Wildman–Crippen LogP) is -0.0701. The molecule has 2 aliphatic heterocycles. The van der Waals surface area contributed by atoms with Crippen molar-refractivity contribution in [3.63, 3.8) is 0 Å². The topological polar surface area (TPSA) is 49.4 Å². The lowest BCUT2D eigenvalue weighted by Gasteiger charge is -2.44. The number of amides is 1. The van der Waals surface area contributed by atoms with Crippen LogP contribution in [0.4, 0.5) is 0 Å². The minimum Gasteiger partial charge on any atom is -0.354 e. The molecule has 4 heteroatoms. The molecular weight excluding hydrogens is 192 g/mol. The van der Waals surface area contributed by atoms with E-state index in [1.807, 2.05) is 0 Å². The second-order valence-electron chi connectivity index (χ2n) is 5.11. The minimum absolute atomic E-state index is 0.150. The molecule has 0 aromatic carbocycles. The number of hydrogen-bond acceptors (Lipinski definition) is 3. The quantitative estimate of drug-likeness (QED) is 0.614. The van der Waals surface area contributed by atoms with Crippen molar-refractivity contribution >= 4 is 11.7 Å². The first-order valence-electron chi connectivity index (χ1n) is 5.70. The molecule has 2 saturated heterocycles. The molecule has 3 fully saturated rings. The molecule has 1 aliphatic carbocycles. The number of Topliss-reactive ketones (excluding diaryl/α,β-unsaturated/α-hetero) is 1. The van der Waals surface area contributed by atoms with Crippen molar-refractivity contribution in [1.82, 2.24) is 10.2 Å². The standard InChI is InChI=1S/C11H16N2O2/c1-2-13-7-10(6-12-9(10)15)5-11(13)4-3-8(11)14/h2-7H2,1H3,(H,12,15). The van der Waals surface area contributed by atoms with E-state index in [0.29, 0.717) is 12.2 Å². The summed E-state index contributed by atoms with van der Waals surface area (Å²) in [6.45, 7) is 4.49. The lowest BCUT2D eigenvalue weighted by atomic mass is 9.67. The van der Waals surface area contributed by atoms with Gasteiger partial charge in [0.05, 0.1) is 11.0 Å². The summed E-state index contributed by atoms with van der Waals surface area (Å²) < 4.78 is 0. The first kappa shape index (κ1) is 9.33. The smallest absolute Gasteiger partial charge is 0.229 e. The van der Waals surface area contributed by atoms with E-state index in [-0.39, 0.29) is 16.9 Å². The fraction of sp³-hybridized carbons (Fsp3) is 0.818. The minimum atomic E-state index is -0.257. The van der Waals surface area contributed by atoms with Crippen LogP contribution in [0.2, 0.25) is 0 Å². The highest BCUT2D eigenvalue weighted by molar-refractivity contribution is 5.98. The van der Waals surface area contributed by atoms with Gasteiger partial charge < -0.3 is 5.32 Å². The fourth-order valence-electron chi connectivity index (χ4n) is 3.38. The van der Waals surface area contributed by atoms with Gasteiger partial charge in [-0.3, -0.25) is 14.5 Å². The monoisotopic (exact) mass is 208 g/mol. The third-order valence-corrected chi connectivity index (χ3v) is 4.47. The zero-order valence-corrected chi connectivity index (χ0v) is 9.01. The van der Waals surface area contributed by atoms with Crippen molar-refractivity contribution in [1.29, 1.82) is 0 Å². The number of β-lactam (4-membered cyclic amide) rings is 1. The molecule has 2 atom stereocenters. The zero-order chi connectivity index (χ0) is 10.7. The second-order valence-corrected chi connectivity index (χ2v) is 5.11. The van der Waals surface area contributed by atoms with Gasteiger partial charge in [0.2, 0.25) is 5.91 Å². The lowest BCUT2D eigenvalue weighted by molar-refractivity contribution is -0.141. The van der Waals surface area contributed by atoms with Gasteiger partial charge in [0.25, 0.3) is 0 Å². The molecule has 0 bridgehead atoms. The van der Waals surface area contributed by atoms with Crippen LogP contribution in [0, 0.1) is 5.41 Å². The summed E-state index contributed by atoms with van der Waals surface area (Å²) in [6.07, 6.45) is 2.42. The Labute approximate surface area is 89.0 Å². The predicted molar refractivity (Wildman–Crippen MR) is 54.3 cm³/mol. The number of likely N-dealkylation sites (N-methyl/N-ethyl adjacent to an activating group) is 1. The molecule has 4 nitrogen and oxygen atoms in total.